The maximum absolute atomic E-state index is 12.4. The number of carbonyl (C=O) groups is 2. The van der Waals surface area contributed by atoms with Crippen LogP contribution in [0, 0.1) is 6.92 Å². The zero-order chi connectivity index (χ0) is 19.4. The van der Waals surface area contributed by atoms with Crippen LogP contribution in [0.2, 0.25) is 0 Å². The molecule has 3 aromatic rings. The van der Waals surface area contributed by atoms with Crippen molar-refractivity contribution in [2.45, 2.75) is 11.8 Å². The van der Waals surface area contributed by atoms with Gasteiger partial charge in [0, 0.05) is 19.8 Å². The van der Waals surface area contributed by atoms with Crippen molar-refractivity contribution < 1.29 is 9.59 Å². The second-order valence-electron chi connectivity index (χ2n) is 5.76. The molecule has 4 nitrogen and oxygen atoms in total. The van der Waals surface area contributed by atoms with Gasteiger partial charge in [0.25, 0.3) is 5.91 Å². The summed E-state index contributed by atoms with van der Waals surface area (Å²) in [5, 5.41) is 3.35. The lowest BCUT2D eigenvalue weighted by molar-refractivity contribution is -0.113. The third kappa shape index (κ3) is 4.80. The molecule has 7 heteroatoms. The second-order valence-corrected chi connectivity index (χ2v) is 8.95. The number of amides is 2. The molecule has 0 unspecified atom stereocenters. The van der Waals surface area contributed by atoms with Crippen molar-refractivity contribution in [3.05, 3.63) is 69.5 Å². The Bertz CT molecular complexity index is 970. The van der Waals surface area contributed by atoms with Crippen LogP contribution in [-0.4, -0.2) is 17.6 Å². The van der Waals surface area contributed by atoms with Crippen molar-refractivity contribution >= 4 is 55.8 Å². The molecular formula is C20H17BrN2O2S2. The van der Waals surface area contributed by atoms with E-state index in [1.807, 2.05) is 61.5 Å². The van der Waals surface area contributed by atoms with E-state index in [1.54, 1.807) is 0 Å². The fraction of sp³-hybridized carbons (Fsp3) is 0.100. The molecule has 0 aliphatic rings. The summed E-state index contributed by atoms with van der Waals surface area (Å²) in [5.41, 5.74) is 7.68. The van der Waals surface area contributed by atoms with Crippen LogP contribution >= 0.6 is 39.0 Å². The van der Waals surface area contributed by atoms with Crippen molar-refractivity contribution in [1.29, 1.82) is 0 Å². The third-order valence-electron chi connectivity index (χ3n) is 3.83. The molecule has 138 valence electrons. The molecule has 1 heterocycles. The maximum atomic E-state index is 12.4. The number of hydrogen-bond donors (Lipinski definition) is 2. The average Bonchev–Trinajstić information content (AvgIpc) is 2.98. The standard InChI is InChI=1S/C20H17BrN2O2S2/c1-12-17(13-5-3-2-4-6-13)18(19(22)25)20(27-12)23-16(24)11-26-15-9-7-14(21)8-10-15/h2-10H,11H2,1H3,(H2,22,25)(H,23,24). The first kappa shape index (κ1) is 19.7. The summed E-state index contributed by atoms with van der Waals surface area (Å²) in [6.45, 7) is 1.92. The highest BCUT2D eigenvalue weighted by Gasteiger charge is 2.22. The highest BCUT2D eigenvalue weighted by molar-refractivity contribution is 9.10. The minimum atomic E-state index is -0.547. The van der Waals surface area contributed by atoms with Crippen molar-refractivity contribution in [2.24, 2.45) is 5.73 Å². The Balaban J connectivity index is 1.79. The van der Waals surface area contributed by atoms with Crippen LogP contribution in [0.25, 0.3) is 11.1 Å². The van der Waals surface area contributed by atoms with E-state index < -0.39 is 5.91 Å². The lowest BCUT2D eigenvalue weighted by Gasteiger charge is -2.07. The number of carbonyl (C=O) groups excluding carboxylic acids is 2. The molecule has 0 aliphatic carbocycles. The molecule has 2 aromatic carbocycles. The topological polar surface area (TPSA) is 72.2 Å². The van der Waals surface area contributed by atoms with E-state index in [0.29, 0.717) is 10.6 Å². The first-order valence-corrected chi connectivity index (χ1v) is 10.7. The highest BCUT2D eigenvalue weighted by atomic mass is 79.9. The van der Waals surface area contributed by atoms with Gasteiger partial charge in [0.1, 0.15) is 5.00 Å². The van der Waals surface area contributed by atoms with Crippen LogP contribution in [0.15, 0.2) is 64.0 Å². The maximum Gasteiger partial charge on any atom is 0.252 e. The summed E-state index contributed by atoms with van der Waals surface area (Å²) < 4.78 is 0.991. The van der Waals surface area contributed by atoms with E-state index in [4.69, 9.17) is 5.73 Å². The largest absolute Gasteiger partial charge is 0.365 e. The van der Waals surface area contributed by atoms with Crippen LogP contribution in [0.4, 0.5) is 5.00 Å². The Morgan fingerprint density at radius 1 is 1.11 bits per heavy atom. The van der Waals surface area contributed by atoms with Gasteiger partial charge >= 0.3 is 0 Å². The van der Waals surface area contributed by atoms with Gasteiger partial charge in [-0.15, -0.1) is 23.1 Å². The van der Waals surface area contributed by atoms with Crippen LogP contribution in [0.3, 0.4) is 0 Å². The van der Waals surface area contributed by atoms with E-state index in [2.05, 4.69) is 21.2 Å². The van der Waals surface area contributed by atoms with Crippen molar-refractivity contribution in [1.82, 2.24) is 0 Å². The molecule has 1 aromatic heterocycles. The number of benzene rings is 2. The number of halogens is 1. The number of primary amides is 1. The fourth-order valence-electron chi connectivity index (χ4n) is 2.66. The van der Waals surface area contributed by atoms with Crippen molar-refractivity contribution in [2.75, 3.05) is 11.1 Å². The first-order chi connectivity index (χ1) is 13.0. The lowest BCUT2D eigenvalue weighted by Crippen LogP contribution is -2.18. The van der Waals surface area contributed by atoms with Gasteiger partial charge in [0.05, 0.1) is 11.3 Å². The normalized spacial score (nSPS) is 10.6. The molecular weight excluding hydrogens is 444 g/mol. The number of thiophene rings is 1. The summed E-state index contributed by atoms with van der Waals surface area (Å²) in [7, 11) is 0. The number of nitrogens with two attached hydrogens (primary N) is 1. The highest BCUT2D eigenvalue weighted by Crippen LogP contribution is 2.39. The number of anilines is 1. The lowest BCUT2D eigenvalue weighted by atomic mass is 10.0. The zero-order valence-electron chi connectivity index (χ0n) is 14.5. The predicted molar refractivity (Wildman–Crippen MR) is 117 cm³/mol. The number of nitrogens with one attached hydrogen (secondary N) is 1. The molecule has 3 N–H and O–H groups in total. The summed E-state index contributed by atoms with van der Waals surface area (Å²) in [6, 6.07) is 17.3. The number of thioether (sulfide) groups is 1. The fourth-order valence-corrected chi connectivity index (χ4v) is 4.72. The van der Waals surface area contributed by atoms with Crippen LogP contribution in [0.5, 0.6) is 0 Å². The second kappa shape index (κ2) is 8.73. The minimum Gasteiger partial charge on any atom is -0.365 e. The average molecular weight is 461 g/mol. The predicted octanol–water partition coefficient (Wildman–Crippen LogP) is 5.32. The van der Waals surface area contributed by atoms with E-state index in [0.717, 1.165) is 25.4 Å². The molecule has 0 atom stereocenters. The minimum absolute atomic E-state index is 0.175. The zero-order valence-corrected chi connectivity index (χ0v) is 17.7. The molecule has 0 saturated heterocycles. The molecule has 0 radical (unpaired) electrons. The monoisotopic (exact) mass is 460 g/mol. The SMILES string of the molecule is Cc1sc(NC(=O)CSc2ccc(Br)cc2)c(C(N)=O)c1-c1ccccc1. The third-order valence-corrected chi connectivity index (χ3v) is 6.39. The van der Waals surface area contributed by atoms with E-state index in [1.165, 1.54) is 23.1 Å². The Kier molecular flexibility index (Phi) is 6.36. The van der Waals surface area contributed by atoms with E-state index in [-0.39, 0.29) is 11.7 Å². The van der Waals surface area contributed by atoms with Crippen LogP contribution in [-0.2, 0) is 4.79 Å². The Labute approximate surface area is 174 Å². The molecule has 3 rings (SSSR count). The quantitative estimate of drug-likeness (QED) is 0.489. The summed E-state index contributed by atoms with van der Waals surface area (Å²) in [6.07, 6.45) is 0. The van der Waals surface area contributed by atoms with E-state index in [9.17, 15) is 9.59 Å². The Morgan fingerprint density at radius 2 is 1.78 bits per heavy atom. The number of rotatable bonds is 6. The van der Waals surface area contributed by atoms with Gasteiger partial charge < -0.3 is 11.1 Å². The molecule has 0 aliphatic heterocycles. The van der Waals surface area contributed by atoms with Gasteiger partial charge in [-0.1, -0.05) is 46.3 Å². The van der Waals surface area contributed by atoms with Gasteiger partial charge in [-0.05, 0) is 36.8 Å². The van der Waals surface area contributed by atoms with Gasteiger partial charge in [0.15, 0.2) is 0 Å². The molecule has 0 fully saturated rings. The summed E-state index contributed by atoms with van der Waals surface area (Å²) in [5.74, 6) is -0.474. The number of hydrogen-bond acceptors (Lipinski definition) is 4. The summed E-state index contributed by atoms with van der Waals surface area (Å²) in [4.78, 5) is 26.4. The number of aryl methyl sites for hydroxylation is 1. The Morgan fingerprint density at radius 3 is 2.41 bits per heavy atom. The molecule has 2 amide bonds. The smallest absolute Gasteiger partial charge is 0.252 e. The molecule has 0 bridgehead atoms. The molecule has 0 saturated carbocycles. The molecule has 27 heavy (non-hydrogen) atoms. The van der Waals surface area contributed by atoms with Crippen molar-refractivity contribution in [3.63, 3.8) is 0 Å². The van der Waals surface area contributed by atoms with Crippen LogP contribution < -0.4 is 11.1 Å². The molecule has 0 spiro atoms. The van der Waals surface area contributed by atoms with Gasteiger partial charge in [-0.25, -0.2) is 0 Å². The van der Waals surface area contributed by atoms with Gasteiger partial charge in [0.2, 0.25) is 5.91 Å². The van der Waals surface area contributed by atoms with Crippen molar-refractivity contribution in [3.8, 4) is 11.1 Å². The van der Waals surface area contributed by atoms with E-state index >= 15 is 0 Å². The summed E-state index contributed by atoms with van der Waals surface area (Å²) >= 11 is 6.19. The van der Waals surface area contributed by atoms with Crippen LogP contribution in [0.1, 0.15) is 15.2 Å². The Hall–Kier alpha value is -2.09. The van der Waals surface area contributed by atoms with Gasteiger partial charge in [-0.2, -0.15) is 0 Å². The van der Waals surface area contributed by atoms with Gasteiger partial charge in [-0.3, -0.25) is 9.59 Å². The first-order valence-electron chi connectivity index (χ1n) is 8.12.